The molecule has 0 saturated heterocycles. The number of aromatic carboxylic acids is 1. The summed E-state index contributed by atoms with van der Waals surface area (Å²) in [6.45, 7) is 1.97. The summed E-state index contributed by atoms with van der Waals surface area (Å²) in [6.07, 6.45) is 5.98. The first kappa shape index (κ1) is 28.1. The number of aliphatic hydroxyl groups excluding tert-OH is 1. The third-order valence-electron chi connectivity index (χ3n) is 2.68. The van der Waals surface area contributed by atoms with Crippen LogP contribution in [0.4, 0.5) is 4.79 Å². The minimum atomic E-state index is -0.986. The number of allylic oxidation sites excluding steroid dienone is 3. The number of amides is 2. The van der Waals surface area contributed by atoms with Gasteiger partial charge in [0, 0.05) is 6.08 Å². The third-order valence-corrected chi connectivity index (χ3v) is 2.68. The fraction of sp³-hybridized carbons (Fsp3) is 0.0952. The van der Waals surface area contributed by atoms with Gasteiger partial charge >= 0.3 is 18.0 Å². The zero-order chi connectivity index (χ0) is 23.4. The van der Waals surface area contributed by atoms with Crippen LogP contribution in [0.2, 0.25) is 0 Å². The fourth-order valence-electron chi connectivity index (χ4n) is 1.44. The van der Waals surface area contributed by atoms with Crippen molar-refractivity contribution < 1.29 is 34.8 Å². The molecule has 0 atom stereocenters. The highest BCUT2D eigenvalue weighted by atomic mass is 16.4. The van der Waals surface area contributed by atoms with Gasteiger partial charge < -0.3 is 31.9 Å². The summed E-state index contributed by atoms with van der Waals surface area (Å²) in [4.78, 5) is 29.0. The Bertz CT molecular complexity index is 798. The molecule has 0 saturated carbocycles. The zero-order valence-electron chi connectivity index (χ0n) is 16.4. The Labute approximate surface area is 174 Å². The van der Waals surface area contributed by atoms with Crippen LogP contribution in [-0.4, -0.2) is 38.4 Å². The molecule has 9 nitrogen and oxygen atoms in total. The molecule has 2 rings (SSSR count). The SMILES string of the molecule is C/C=C/C=C/C(=O)O.NC(N)=O.O=C(O)c1ccc(O)cc1.OCc1ccccc1. The fourth-order valence-corrected chi connectivity index (χ4v) is 1.44. The third kappa shape index (κ3) is 20.2. The number of phenols is 1. The first-order chi connectivity index (χ1) is 14.1. The van der Waals surface area contributed by atoms with Gasteiger partial charge in [0.05, 0.1) is 12.2 Å². The van der Waals surface area contributed by atoms with Gasteiger partial charge in [0.1, 0.15) is 5.75 Å². The largest absolute Gasteiger partial charge is 0.508 e. The molecule has 0 aliphatic carbocycles. The Morgan fingerprint density at radius 1 is 0.900 bits per heavy atom. The number of rotatable bonds is 4. The van der Waals surface area contributed by atoms with Crippen LogP contribution < -0.4 is 11.5 Å². The molecule has 0 spiro atoms. The summed E-state index contributed by atoms with van der Waals surface area (Å²) in [7, 11) is 0. The van der Waals surface area contributed by atoms with Gasteiger partial charge in [-0.2, -0.15) is 0 Å². The van der Waals surface area contributed by atoms with E-state index in [2.05, 4.69) is 11.5 Å². The number of benzene rings is 2. The van der Waals surface area contributed by atoms with Gasteiger partial charge in [-0.3, -0.25) is 0 Å². The second kappa shape index (κ2) is 18.3. The molecule has 0 aliphatic heterocycles. The maximum absolute atomic E-state index is 10.2. The molecule has 0 unspecified atom stereocenters. The van der Waals surface area contributed by atoms with E-state index in [0.717, 1.165) is 11.6 Å². The lowest BCUT2D eigenvalue weighted by atomic mass is 10.2. The monoisotopic (exact) mass is 418 g/mol. The molecular weight excluding hydrogens is 392 g/mol. The Morgan fingerprint density at radius 2 is 1.40 bits per heavy atom. The second-order valence-corrected chi connectivity index (χ2v) is 5.12. The van der Waals surface area contributed by atoms with E-state index < -0.39 is 18.0 Å². The van der Waals surface area contributed by atoms with Gasteiger partial charge in [-0.05, 0) is 36.8 Å². The van der Waals surface area contributed by atoms with Gasteiger partial charge in [-0.1, -0.05) is 48.6 Å². The predicted molar refractivity (Wildman–Crippen MR) is 113 cm³/mol. The van der Waals surface area contributed by atoms with Crippen LogP contribution in [-0.2, 0) is 11.4 Å². The van der Waals surface area contributed by atoms with Crippen molar-refractivity contribution >= 4 is 18.0 Å². The van der Waals surface area contributed by atoms with Gasteiger partial charge in [-0.25, -0.2) is 14.4 Å². The standard InChI is InChI=1S/C7H6O3.C7H8O.C6H8O2.CH4N2O/c8-6-3-1-5(2-4-6)7(9)10;8-6-7-4-2-1-3-5-7;1-2-3-4-5-6(7)8;2-1(3)4/h1-4,8H,(H,9,10);1-5,8H,6H2;2-5H,1H3,(H,7,8);(H4,2,3,4)/b;;3-2+,5-4+;. The molecule has 0 fully saturated rings. The molecular formula is C21H26N2O7. The minimum Gasteiger partial charge on any atom is -0.508 e. The maximum Gasteiger partial charge on any atom is 0.335 e. The van der Waals surface area contributed by atoms with Gasteiger partial charge in [-0.15, -0.1) is 0 Å². The highest BCUT2D eigenvalue weighted by molar-refractivity contribution is 5.87. The number of aromatic hydroxyl groups is 1. The number of aliphatic carboxylic acids is 1. The lowest BCUT2D eigenvalue weighted by Gasteiger charge is -1.92. The molecule has 30 heavy (non-hydrogen) atoms. The van der Waals surface area contributed by atoms with E-state index in [-0.39, 0.29) is 17.9 Å². The van der Waals surface area contributed by atoms with Crippen molar-refractivity contribution in [2.45, 2.75) is 13.5 Å². The lowest BCUT2D eigenvalue weighted by molar-refractivity contribution is -0.131. The van der Waals surface area contributed by atoms with Crippen molar-refractivity contribution in [1.82, 2.24) is 0 Å². The molecule has 0 radical (unpaired) electrons. The predicted octanol–water partition coefficient (Wildman–Crippen LogP) is 2.50. The highest BCUT2D eigenvalue weighted by Crippen LogP contribution is 2.08. The number of urea groups is 1. The molecule has 0 heterocycles. The van der Waals surface area contributed by atoms with E-state index in [1.165, 1.54) is 30.3 Å². The van der Waals surface area contributed by atoms with Crippen LogP contribution in [0.25, 0.3) is 0 Å². The van der Waals surface area contributed by atoms with E-state index in [9.17, 15) is 9.59 Å². The van der Waals surface area contributed by atoms with Gasteiger partial charge in [0.15, 0.2) is 0 Å². The summed E-state index contributed by atoms with van der Waals surface area (Å²) < 4.78 is 0. The number of aliphatic hydroxyl groups is 1. The van der Waals surface area contributed by atoms with Crippen molar-refractivity contribution in [3.63, 3.8) is 0 Å². The average Bonchev–Trinajstić information content (AvgIpc) is 2.69. The van der Waals surface area contributed by atoms with Crippen molar-refractivity contribution in [3.8, 4) is 5.75 Å². The summed E-state index contributed by atoms with van der Waals surface area (Å²) in [6, 6.07) is 14.1. The summed E-state index contributed by atoms with van der Waals surface area (Å²) >= 11 is 0. The first-order valence-electron chi connectivity index (χ1n) is 8.38. The number of phenolic OH excluding ortho intramolecular Hbond substituents is 1. The number of carbonyl (C=O) groups excluding carboxylic acids is 1. The minimum absolute atomic E-state index is 0.0741. The van der Waals surface area contributed by atoms with Crippen LogP contribution in [0, 0.1) is 0 Å². The average molecular weight is 418 g/mol. The number of nitrogens with two attached hydrogens (primary N) is 2. The lowest BCUT2D eigenvalue weighted by Crippen LogP contribution is -2.18. The number of hydrogen-bond donors (Lipinski definition) is 6. The van der Waals surface area contributed by atoms with Gasteiger partial charge in [0.2, 0.25) is 0 Å². The molecule has 0 aliphatic rings. The Morgan fingerprint density at radius 3 is 1.73 bits per heavy atom. The Balaban J connectivity index is 0. The van der Waals surface area contributed by atoms with E-state index in [1.807, 2.05) is 37.3 Å². The topological polar surface area (TPSA) is 184 Å². The highest BCUT2D eigenvalue weighted by Gasteiger charge is 1.99. The van der Waals surface area contributed by atoms with Crippen molar-refractivity contribution in [1.29, 1.82) is 0 Å². The van der Waals surface area contributed by atoms with Crippen LogP contribution in [0.15, 0.2) is 78.9 Å². The summed E-state index contributed by atoms with van der Waals surface area (Å²) in [5.41, 5.74) is 9.64. The molecule has 0 bridgehead atoms. The van der Waals surface area contributed by atoms with Crippen molar-refractivity contribution in [2.75, 3.05) is 0 Å². The first-order valence-corrected chi connectivity index (χ1v) is 8.38. The number of carboxylic acid groups (broad SMARTS) is 2. The number of carboxylic acids is 2. The molecule has 9 heteroatoms. The molecule has 0 aromatic heterocycles. The molecule has 2 amide bonds. The number of hydrogen-bond acceptors (Lipinski definition) is 5. The van der Waals surface area contributed by atoms with Crippen molar-refractivity contribution in [3.05, 3.63) is 90.0 Å². The second-order valence-electron chi connectivity index (χ2n) is 5.12. The normalized spacial score (nSPS) is 9.27. The maximum atomic E-state index is 10.2. The number of carbonyl (C=O) groups is 3. The van der Waals surface area contributed by atoms with Crippen molar-refractivity contribution in [2.24, 2.45) is 11.5 Å². The van der Waals surface area contributed by atoms with E-state index in [4.69, 9.17) is 25.2 Å². The number of primary amides is 2. The summed E-state index contributed by atoms with van der Waals surface area (Å²) in [5.74, 6) is -1.83. The van der Waals surface area contributed by atoms with Crippen LogP contribution >= 0.6 is 0 Å². The Kier molecular flexibility index (Phi) is 17.1. The zero-order valence-corrected chi connectivity index (χ0v) is 16.4. The smallest absolute Gasteiger partial charge is 0.335 e. The molecule has 2 aromatic rings. The van der Waals surface area contributed by atoms with E-state index in [1.54, 1.807) is 12.2 Å². The Hall–Kier alpha value is -4.11. The molecule has 2 aromatic carbocycles. The van der Waals surface area contributed by atoms with E-state index in [0.29, 0.717) is 0 Å². The van der Waals surface area contributed by atoms with Crippen LogP contribution in [0.3, 0.4) is 0 Å². The van der Waals surface area contributed by atoms with Crippen LogP contribution in [0.5, 0.6) is 5.75 Å². The molecule has 162 valence electrons. The van der Waals surface area contributed by atoms with E-state index >= 15 is 0 Å². The quantitative estimate of drug-likeness (QED) is 0.325. The van der Waals surface area contributed by atoms with Crippen LogP contribution in [0.1, 0.15) is 22.8 Å². The van der Waals surface area contributed by atoms with Gasteiger partial charge in [0.25, 0.3) is 0 Å². The summed E-state index contributed by atoms with van der Waals surface area (Å²) in [5, 5.41) is 33.7. The molecule has 8 N–H and O–H groups in total.